The molecule has 0 radical (unpaired) electrons. The van der Waals surface area contributed by atoms with Crippen LogP contribution >= 0.6 is 34.8 Å². The van der Waals surface area contributed by atoms with Crippen LogP contribution in [0.3, 0.4) is 0 Å². The molecule has 0 spiro atoms. The number of carbonyl (C=O) groups is 1. The second-order valence-electron chi connectivity index (χ2n) is 5.23. The summed E-state index contributed by atoms with van der Waals surface area (Å²) in [6.45, 7) is 1.95. The molecule has 4 nitrogen and oxygen atoms in total. The standard InChI is InChI=1S/C18H14Cl3N3O/c1-11-2-4-14(8-16(11)20)24-18(25)23-10-13(9-22)6-12-3-5-15(19)17(21)7-12/h2-8H,10H2,1H3,(H2,23,24,25)/b13-6-. The molecule has 0 fully saturated rings. The highest BCUT2D eigenvalue weighted by Gasteiger charge is 2.05. The minimum Gasteiger partial charge on any atom is -0.333 e. The van der Waals surface area contributed by atoms with Crippen molar-refractivity contribution >= 4 is 52.6 Å². The van der Waals surface area contributed by atoms with Crippen LogP contribution in [0.5, 0.6) is 0 Å². The summed E-state index contributed by atoms with van der Waals surface area (Å²) in [7, 11) is 0. The molecule has 0 heterocycles. The van der Waals surface area contributed by atoms with Crippen LogP contribution in [0, 0.1) is 18.3 Å². The molecule has 2 aromatic rings. The topological polar surface area (TPSA) is 64.9 Å². The van der Waals surface area contributed by atoms with Gasteiger partial charge in [-0.25, -0.2) is 4.79 Å². The number of rotatable bonds is 4. The third-order valence-corrected chi connectivity index (χ3v) is 4.44. The van der Waals surface area contributed by atoms with Gasteiger partial charge in [0.15, 0.2) is 0 Å². The normalized spacial score (nSPS) is 10.9. The van der Waals surface area contributed by atoms with Crippen molar-refractivity contribution < 1.29 is 4.79 Å². The maximum Gasteiger partial charge on any atom is 0.319 e. The minimum atomic E-state index is -0.435. The first-order chi connectivity index (χ1) is 11.9. The summed E-state index contributed by atoms with van der Waals surface area (Å²) >= 11 is 17.8. The molecule has 0 aromatic heterocycles. The molecule has 2 aromatic carbocycles. The number of aryl methyl sites for hydroxylation is 1. The zero-order chi connectivity index (χ0) is 18.4. The smallest absolute Gasteiger partial charge is 0.319 e. The van der Waals surface area contributed by atoms with Gasteiger partial charge in [0.25, 0.3) is 0 Å². The molecule has 2 rings (SSSR count). The van der Waals surface area contributed by atoms with Crippen molar-refractivity contribution in [2.24, 2.45) is 0 Å². The Bertz CT molecular complexity index is 872. The van der Waals surface area contributed by atoms with Crippen molar-refractivity contribution in [2.45, 2.75) is 6.92 Å². The Morgan fingerprint density at radius 1 is 1.12 bits per heavy atom. The number of anilines is 1. The Labute approximate surface area is 161 Å². The van der Waals surface area contributed by atoms with Crippen molar-refractivity contribution in [3.63, 3.8) is 0 Å². The molecular formula is C18H14Cl3N3O. The molecule has 0 aliphatic carbocycles. The third-order valence-electron chi connectivity index (χ3n) is 3.30. The molecule has 0 atom stereocenters. The summed E-state index contributed by atoms with van der Waals surface area (Å²) in [6.07, 6.45) is 1.63. The zero-order valence-electron chi connectivity index (χ0n) is 13.2. The number of hydrogen-bond donors (Lipinski definition) is 2. The average Bonchev–Trinajstić information content (AvgIpc) is 2.58. The summed E-state index contributed by atoms with van der Waals surface area (Å²) in [5.74, 6) is 0. The Morgan fingerprint density at radius 3 is 2.52 bits per heavy atom. The predicted octanol–water partition coefficient (Wildman–Crippen LogP) is 5.68. The molecule has 25 heavy (non-hydrogen) atoms. The summed E-state index contributed by atoms with van der Waals surface area (Å²) in [5.41, 5.74) is 2.58. The number of benzene rings is 2. The van der Waals surface area contributed by atoms with Gasteiger partial charge >= 0.3 is 6.03 Å². The van der Waals surface area contributed by atoms with Crippen molar-refractivity contribution in [2.75, 3.05) is 11.9 Å². The Morgan fingerprint density at radius 2 is 1.88 bits per heavy atom. The highest BCUT2D eigenvalue weighted by Crippen LogP contribution is 2.23. The van der Waals surface area contributed by atoms with Gasteiger partial charge in [0.2, 0.25) is 0 Å². The van der Waals surface area contributed by atoms with Crippen LogP contribution in [0.1, 0.15) is 11.1 Å². The summed E-state index contributed by atoms with van der Waals surface area (Å²) in [6, 6.07) is 11.9. The number of nitriles is 1. The number of amides is 2. The molecular weight excluding hydrogens is 381 g/mol. The number of nitrogens with one attached hydrogen (secondary N) is 2. The fourth-order valence-corrected chi connectivity index (χ4v) is 2.43. The van der Waals surface area contributed by atoms with E-state index in [1.54, 1.807) is 36.4 Å². The second kappa shape index (κ2) is 8.77. The van der Waals surface area contributed by atoms with Gasteiger partial charge in [0.1, 0.15) is 0 Å². The Balaban J connectivity index is 1.98. The van der Waals surface area contributed by atoms with Gasteiger partial charge in [-0.15, -0.1) is 0 Å². The molecule has 128 valence electrons. The number of halogens is 3. The van der Waals surface area contributed by atoms with Gasteiger partial charge in [-0.3, -0.25) is 0 Å². The molecule has 2 N–H and O–H groups in total. The van der Waals surface area contributed by atoms with E-state index in [0.29, 0.717) is 26.3 Å². The number of urea groups is 1. The quantitative estimate of drug-likeness (QED) is 0.655. The SMILES string of the molecule is Cc1ccc(NC(=O)NC/C(C#N)=C\c2ccc(Cl)c(Cl)c2)cc1Cl. The van der Waals surface area contributed by atoms with E-state index in [-0.39, 0.29) is 6.54 Å². The lowest BCUT2D eigenvalue weighted by molar-refractivity contribution is 0.253. The number of hydrogen-bond acceptors (Lipinski definition) is 2. The van der Waals surface area contributed by atoms with Crippen molar-refractivity contribution in [3.8, 4) is 6.07 Å². The van der Waals surface area contributed by atoms with Gasteiger partial charge in [-0.1, -0.05) is 46.9 Å². The van der Waals surface area contributed by atoms with E-state index < -0.39 is 6.03 Å². The Kier molecular flexibility index (Phi) is 6.72. The molecule has 0 unspecified atom stereocenters. The predicted molar refractivity (Wildman–Crippen MR) is 103 cm³/mol. The summed E-state index contributed by atoms with van der Waals surface area (Å²) < 4.78 is 0. The fourth-order valence-electron chi connectivity index (χ4n) is 1.95. The first-order valence-corrected chi connectivity index (χ1v) is 8.39. The van der Waals surface area contributed by atoms with E-state index in [4.69, 9.17) is 34.8 Å². The zero-order valence-corrected chi connectivity index (χ0v) is 15.5. The highest BCUT2D eigenvalue weighted by atomic mass is 35.5. The van der Waals surface area contributed by atoms with Gasteiger partial charge < -0.3 is 10.6 Å². The fraction of sp³-hybridized carbons (Fsp3) is 0.111. The maximum atomic E-state index is 11.9. The van der Waals surface area contributed by atoms with Crippen LogP contribution in [-0.2, 0) is 0 Å². The lowest BCUT2D eigenvalue weighted by Crippen LogP contribution is -2.30. The molecule has 0 saturated carbocycles. The van der Waals surface area contributed by atoms with Crippen LogP contribution in [0.2, 0.25) is 15.1 Å². The monoisotopic (exact) mass is 393 g/mol. The van der Waals surface area contributed by atoms with Gasteiger partial charge in [-0.2, -0.15) is 5.26 Å². The number of nitrogens with zero attached hydrogens (tertiary/aromatic N) is 1. The van der Waals surface area contributed by atoms with Gasteiger partial charge in [-0.05, 0) is 48.4 Å². The maximum absolute atomic E-state index is 11.9. The Hall–Kier alpha value is -2.19. The lowest BCUT2D eigenvalue weighted by atomic mass is 10.1. The average molecular weight is 395 g/mol. The summed E-state index contributed by atoms with van der Waals surface area (Å²) in [5, 5.41) is 15.9. The van der Waals surface area contributed by atoms with Crippen molar-refractivity contribution in [3.05, 3.63) is 68.2 Å². The molecule has 0 aliphatic heterocycles. The first kappa shape index (κ1) is 19.1. The van der Waals surface area contributed by atoms with Gasteiger partial charge in [0.05, 0.1) is 22.7 Å². The van der Waals surface area contributed by atoms with Crippen LogP contribution in [0.15, 0.2) is 42.0 Å². The lowest BCUT2D eigenvalue weighted by Gasteiger charge is -2.08. The van der Waals surface area contributed by atoms with E-state index in [2.05, 4.69) is 10.6 Å². The molecule has 0 saturated heterocycles. The summed E-state index contributed by atoms with van der Waals surface area (Å²) in [4.78, 5) is 11.9. The van der Waals surface area contributed by atoms with Crippen LogP contribution < -0.4 is 10.6 Å². The van der Waals surface area contributed by atoms with E-state index in [1.807, 2.05) is 19.1 Å². The second-order valence-corrected chi connectivity index (χ2v) is 6.45. The van der Waals surface area contributed by atoms with Crippen molar-refractivity contribution in [1.29, 1.82) is 5.26 Å². The van der Waals surface area contributed by atoms with Crippen molar-refractivity contribution in [1.82, 2.24) is 5.32 Å². The van der Waals surface area contributed by atoms with E-state index in [9.17, 15) is 10.1 Å². The molecule has 7 heteroatoms. The number of carbonyl (C=O) groups excluding carboxylic acids is 1. The largest absolute Gasteiger partial charge is 0.333 e. The van der Waals surface area contributed by atoms with Gasteiger partial charge in [0, 0.05) is 16.3 Å². The molecule has 0 bridgehead atoms. The minimum absolute atomic E-state index is 0.0716. The van der Waals surface area contributed by atoms with Crippen LogP contribution in [0.25, 0.3) is 6.08 Å². The van der Waals surface area contributed by atoms with E-state index in [1.165, 1.54) is 0 Å². The third kappa shape index (κ3) is 5.68. The highest BCUT2D eigenvalue weighted by molar-refractivity contribution is 6.42. The van der Waals surface area contributed by atoms with E-state index in [0.717, 1.165) is 11.1 Å². The van der Waals surface area contributed by atoms with Crippen LogP contribution in [0.4, 0.5) is 10.5 Å². The van der Waals surface area contributed by atoms with E-state index >= 15 is 0 Å². The molecule has 0 aliphatic rings. The molecule has 2 amide bonds. The van der Waals surface area contributed by atoms with Crippen LogP contribution in [-0.4, -0.2) is 12.6 Å². The first-order valence-electron chi connectivity index (χ1n) is 7.26.